The zero-order valence-electron chi connectivity index (χ0n) is 15.7. The molecule has 3 nitrogen and oxygen atoms in total. The van der Waals surface area contributed by atoms with Crippen LogP contribution in [0.25, 0.3) is 6.08 Å². The lowest BCUT2D eigenvalue weighted by Crippen LogP contribution is -2.27. The van der Waals surface area contributed by atoms with Crippen LogP contribution in [-0.4, -0.2) is 30.4 Å². The summed E-state index contributed by atoms with van der Waals surface area (Å²) in [7, 11) is 1.96. The molecule has 3 heteroatoms. The van der Waals surface area contributed by atoms with Crippen LogP contribution in [-0.2, 0) is 15.7 Å². The van der Waals surface area contributed by atoms with Crippen LogP contribution in [0, 0.1) is 0 Å². The summed E-state index contributed by atoms with van der Waals surface area (Å²) >= 11 is 0. The molecule has 0 amide bonds. The Balaban J connectivity index is 2.54. The molecule has 0 bridgehead atoms. The van der Waals surface area contributed by atoms with Gasteiger partial charge in [-0.25, -0.2) is 0 Å². The van der Waals surface area contributed by atoms with Gasteiger partial charge in [0.25, 0.3) is 0 Å². The summed E-state index contributed by atoms with van der Waals surface area (Å²) in [6, 6.07) is 4.26. The molecule has 1 N–H and O–H groups in total. The molecule has 0 unspecified atom stereocenters. The third kappa shape index (κ3) is 4.36. The normalized spacial score (nSPS) is 19.3. The van der Waals surface area contributed by atoms with E-state index < -0.39 is 0 Å². The molecule has 23 heavy (non-hydrogen) atoms. The summed E-state index contributed by atoms with van der Waals surface area (Å²) in [5.41, 5.74) is 4.37. The first kappa shape index (κ1) is 18.0. The van der Waals surface area contributed by atoms with Gasteiger partial charge in [-0.2, -0.15) is 5.06 Å². The third-order valence-corrected chi connectivity index (χ3v) is 4.28. The number of phenolic OH excluding ortho intramolecular Hbond substituents is 1. The Morgan fingerprint density at radius 2 is 1.57 bits per heavy atom. The summed E-state index contributed by atoms with van der Waals surface area (Å²) in [5.74, 6) is 0.441. The number of benzene rings is 1. The standard InChI is InChI=1S/C20H31NO2/c1-19(2,3)16-11-15(10-14-8-9-23-21(7)13-14)12-17(18(16)22)20(4,5)6/h10-12,22H,8-9,13H2,1-7H3. The Bertz CT molecular complexity index is 568. The lowest BCUT2D eigenvalue weighted by molar-refractivity contribution is -0.146. The zero-order chi connectivity index (χ0) is 17.4. The highest BCUT2D eigenvalue weighted by Crippen LogP contribution is 2.40. The largest absolute Gasteiger partial charge is 0.507 e. The Kier molecular flexibility index (Phi) is 4.93. The molecule has 0 spiro atoms. The van der Waals surface area contributed by atoms with Crippen molar-refractivity contribution in [2.45, 2.75) is 58.8 Å². The average molecular weight is 317 g/mol. The van der Waals surface area contributed by atoms with E-state index >= 15 is 0 Å². The molecular formula is C20H31NO2. The quantitative estimate of drug-likeness (QED) is 0.819. The second kappa shape index (κ2) is 6.29. The van der Waals surface area contributed by atoms with Crippen LogP contribution in [0.4, 0.5) is 0 Å². The van der Waals surface area contributed by atoms with E-state index in [4.69, 9.17) is 4.84 Å². The minimum absolute atomic E-state index is 0.0922. The van der Waals surface area contributed by atoms with E-state index in [1.54, 1.807) is 0 Å². The summed E-state index contributed by atoms with van der Waals surface area (Å²) in [6.07, 6.45) is 3.21. The minimum Gasteiger partial charge on any atom is -0.507 e. The molecule has 1 heterocycles. The van der Waals surface area contributed by atoms with Gasteiger partial charge in [0.15, 0.2) is 0 Å². The highest BCUT2D eigenvalue weighted by atomic mass is 16.7. The molecule has 0 aromatic heterocycles. The second-order valence-corrected chi connectivity index (χ2v) is 8.64. The molecule has 128 valence electrons. The van der Waals surface area contributed by atoms with E-state index in [-0.39, 0.29) is 10.8 Å². The smallest absolute Gasteiger partial charge is 0.123 e. The van der Waals surface area contributed by atoms with Crippen LogP contribution in [0.2, 0.25) is 0 Å². The molecule has 0 aliphatic carbocycles. The average Bonchev–Trinajstić information content (AvgIpc) is 2.38. The topological polar surface area (TPSA) is 32.7 Å². The SMILES string of the molecule is CN1CC(=Cc2cc(C(C)(C)C)c(O)c(C(C)(C)C)c2)CCO1. The molecule has 2 rings (SSSR count). The van der Waals surface area contributed by atoms with E-state index in [1.165, 1.54) is 11.1 Å². The van der Waals surface area contributed by atoms with E-state index in [9.17, 15) is 5.11 Å². The number of nitrogens with zero attached hydrogens (tertiary/aromatic N) is 1. The first-order valence-electron chi connectivity index (χ1n) is 8.40. The summed E-state index contributed by atoms with van der Waals surface area (Å²) in [5, 5.41) is 12.7. The number of phenols is 1. The van der Waals surface area contributed by atoms with E-state index in [0.717, 1.165) is 30.7 Å². The van der Waals surface area contributed by atoms with Crippen LogP contribution in [0.5, 0.6) is 5.75 Å². The van der Waals surface area contributed by atoms with Crippen LogP contribution in [0.3, 0.4) is 0 Å². The van der Waals surface area contributed by atoms with Gasteiger partial charge in [-0.15, -0.1) is 0 Å². The molecular weight excluding hydrogens is 286 g/mol. The van der Waals surface area contributed by atoms with Crippen LogP contribution < -0.4 is 0 Å². The van der Waals surface area contributed by atoms with Crippen molar-refractivity contribution in [3.05, 3.63) is 34.4 Å². The van der Waals surface area contributed by atoms with Crippen LogP contribution in [0.15, 0.2) is 17.7 Å². The fourth-order valence-electron chi connectivity index (χ4n) is 2.98. The van der Waals surface area contributed by atoms with Gasteiger partial charge in [-0.3, -0.25) is 4.84 Å². The zero-order valence-corrected chi connectivity index (χ0v) is 15.7. The van der Waals surface area contributed by atoms with Crippen molar-refractivity contribution >= 4 is 6.08 Å². The van der Waals surface area contributed by atoms with Gasteiger partial charge >= 0.3 is 0 Å². The van der Waals surface area contributed by atoms with Crippen molar-refractivity contribution in [2.24, 2.45) is 0 Å². The predicted molar refractivity (Wildman–Crippen MR) is 96.7 cm³/mol. The van der Waals surface area contributed by atoms with Crippen molar-refractivity contribution in [3.63, 3.8) is 0 Å². The van der Waals surface area contributed by atoms with Crippen molar-refractivity contribution in [2.75, 3.05) is 20.2 Å². The van der Waals surface area contributed by atoms with Gasteiger partial charge in [0.05, 0.1) is 6.61 Å². The number of hydrogen-bond donors (Lipinski definition) is 1. The number of likely N-dealkylation sites (N-methyl/N-ethyl adjacent to an activating group) is 1. The van der Waals surface area contributed by atoms with Crippen molar-refractivity contribution in [1.82, 2.24) is 5.06 Å². The first-order valence-corrected chi connectivity index (χ1v) is 8.40. The molecule has 1 aliphatic heterocycles. The van der Waals surface area contributed by atoms with E-state index in [0.29, 0.717) is 5.75 Å². The first-order chi connectivity index (χ1) is 10.5. The lowest BCUT2D eigenvalue weighted by atomic mass is 9.78. The van der Waals surface area contributed by atoms with E-state index in [2.05, 4.69) is 59.8 Å². The summed E-state index contributed by atoms with van der Waals surface area (Å²) in [4.78, 5) is 5.47. The lowest BCUT2D eigenvalue weighted by Gasteiger charge is -2.28. The molecule has 0 radical (unpaired) electrons. The Hall–Kier alpha value is -1.32. The Labute approximate surface area is 140 Å². The molecule has 1 fully saturated rings. The van der Waals surface area contributed by atoms with Crippen molar-refractivity contribution in [3.8, 4) is 5.75 Å². The highest BCUT2D eigenvalue weighted by molar-refractivity contribution is 5.61. The number of hydroxylamine groups is 2. The van der Waals surface area contributed by atoms with Gasteiger partial charge in [-0.1, -0.05) is 53.2 Å². The molecule has 1 saturated heterocycles. The number of aromatic hydroxyl groups is 1. The van der Waals surface area contributed by atoms with Crippen molar-refractivity contribution in [1.29, 1.82) is 0 Å². The second-order valence-electron chi connectivity index (χ2n) is 8.64. The molecule has 1 aliphatic rings. The number of rotatable bonds is 1. The molecule has 0 saturated carbocycles. The Morgan fingerprint density at radius 3 is 2.00 bits per heavy atom. The number of hydrogen-bond acceptors (Lipinski definition) is 3. The maximum atomic E-state index is 10.8. The molecule has 1 aromatic rings. The monoisotopic (exact) mass is 317 g/mol. The van der Waals surface area contributed by atoms with Crippen LogP contribution in [0.1, 0.15) is 64.7 Å². The molecule has 1 aromatic carbocycles. The van der Waals surface area contributed by atoms with Gasteiger partial charge in [0.2, 0.25) is 0 Å². The fourth-order valence-corrected chi connectivity index (χ4v) is 2.98. The van der Waals surface area contributed by atoms with Crippen molar-refractivity contribution < 1.29 is 9.94 Å². The van der Waals surface area contributed by atoms with Crippen LogP contribution >= 0.6 is 0 Å². The Morgan fingerprint density at radius 1 is 1.04 bits per heavy atom. The fraction of sp³-hybridized carbons (Fsp3) is 0.600. The third-order valence-electron chi connectivity index (χ3n) is 4.28. The maximum absolute atomic E-state index is 10.8. The maximum Gasteiger partial charge on any atom is 0.123 e. The van der Waals surface area contributed by atoms with E-state index in [1.807, 2.05) is 12.1 Å². The van der Waals surface area contributed by atoms with Gasteiger partial charge < -0.3 is 5.11 Å². The van der Waals surface area contributed by atoms with Gasteiger partial charge in [0, 0.05) is 24.7 Å². The van der Waals surface area contributed by atoms with Gasteiger partial charge in [0.1, 0.15) is 5.75 Å². The minimum atomic E-state index is -0.0922. The molecule has 0 atom stereocenters. The summed E-state index contributed by atoms with van der Waals surface area (Å²) in [6.45, 7) is 14.4. The summed E-state index contributed by atoms with van der Waals surface area (Å²) < 4.78 is 0. The predicted octanol–water partition coefficient (Wildman–Crippen LogP) is 4.64. The van der Waals surface area contributed by atoms with Gasteiger partial charge in [-0.05, 0) is 34.9 Å². The highest BCUT2D eigenvalue weighted by Gasteiger charge is 2.26.